The predicted molar refractivity (Wildman–Crippen MR) is 71.5 cm³/mol. The molecule has 1 aromatic rings. The van der Waals surface area contributed by atoms with Crippen LogP contribution < -0.4 is 5.73 Å². The van der Waals surface area contributed by atoms with Crippen molar-refractivity contribution in [3.63, 3.8) is 0 Å². The molecule has 2 aliphatic rings. The number of hydrogen-bond donors (Lipinski definition) is 1. The van der Waals surface area contributed by atoms with Crippen molar-refractivity contribution in [1.29, 1.82) is 0 Å². The molecule has 3 rings (SSSR count). The van der Waals surface area contributed by atoms with Crippen molar-refractivity contribution < 1.29 is 4.74 Å². The van der Waals surface area contributed by atoms with Gasteiger partial charge in [-0.15, -0.1) is 11.3 Å². The summed E-state index contributed by atoms with van der Waals surface area (Å²) in [7, 11) is 0. The highest BCUT2D eigenvalue weighted by molar-refractivity contribution is 7.12. The topological polar surface area (TPSA) is 35.2 Å². The van der Waals surface area contributed by atoms with Crippen molar-refractivity contribution in [2.75, 3.05) is 6.61 Å². The van der Waals surface area contributed by atoms with Crippen LogP contribution in [0.1, 0.15) is 53.5 Å². The van der Waals surface area contributed by atoms with Gasteiger partial charge < -0.3 is 10.5 Å². The maximum atomic E-state index is 6.29. The first-order valence-electron chi connectivity index (χ1n) is 6.81. The fourth-order valence-electron chi connectivity index (χ4n) is 2.91. The zero-order chi connectivity index (χ0) is 11.7. The molecule has 1 aliphatic heterocycles. The second kappa shape index (κ2) is 5.09. The van der Waals surface area contributed by atoms with Gasteiger partial charge in [0.15, 0.2) is 0 Å². The highest BCUT2D eigenvalue weighted by atomic mass is 32.1. The lowest BCUT2D eigenvalue weighted by Gasteiger charge is -2.13. The normalized spacial score (nSPS) is 25.1. The maximum absolute atomic E-state index is 6.29. The molecule has 3 heteroatoms. The average molecular weight is 251 g/mol. The molecule has 0 spiro atoms. The van der Waals surface area contributed by atoms with Crippen molar-refractivity contribution in [3.8, 4) is 0 Å². The van der Waals surface area contributed by atoms with Crippen LogP contribution in [0.5, 0.6) is 0 Å². The Balaban J connectivity index is 1.55. The van der Waals surface area contributed by atoms with Crippen LogP contribution in [0.3, 0.4) is 0 Å². The number of rotatable bonds is 4. The van der Waals surface area contributed by atoms with Crippen LogP contribution in [-0.4, -0.2) is 12.7 Å². The minimum Gasteiger partial charge on any atom is -0.378 e. The maximum Gasteiger partial charge on any atom is 0.0576 e. The van der Waals surface area contributed by atoms with E-state index in [4.69, 9.17) is 10.5 Å². The first-order chi connectivity index (χ1) is 8.33. The van der Waals surface area contributed by atoms with Gasteiger partial charge in [-0.3, -0.25) is 0 Å². The Morgan fingerprint density at radius 3 is 3.12 bits per heavy atom. The Bertz CT molecular complexity index is 360. The molecule has 94 valence electrons. The fourth-order valence-corrected chi connectivity index (χ4v) is 4.21. The van der Waals surface area contributed by atoms with Crippen LogP contribution in [0.25, 0.3) is 0 Å². The van der Waals surface area contributed by atoms with Crippen LogP contribution in [0.4, 0.5) is 0 Å². The SMILES string of the molecule is NC(CCC1CCCO1)c1cc2c(s1)CCC2. The number of hydrogen-bond acceptors (Lipinski definition) is 3. The van der Waals surface area contributed by atoms with Gasteiger partial charge in [0.05, 0.1) is 6.10 Å². The van der Waals surface area contributed by atoms with E-state index < -0.39 is 0 Å². The van der Waals surface area contributed by atoms with E-state index in [1.54, 1.807) is 10.4 Å². The molecule has 0 radical (unpaired) electrons. The molecule has 2 nitrogen and oxygen atoms in total. The summed E-state index contributed by atoms with van der Waals surface area (Å²) in [5, 5.41) is 0. The van der Waals surface area contributed by atoms with Gasteiger partial charge in [0.1, 0.15) is 0 Å². The average Bonchev–Trinajstić information content (AvgIpc) is 3.01. The van der Waals surface area contributed by atoms with Gasteiger partial charge in [-0.1, -0.05) is 0 Å². The minimum absolute atomic E-state index is 0.231. The molecule has 2 heterocycles. The summed E-state index contributed by atoms with van der Waals surface area (Å²) in [5.74, 6) is 0. The third-order valence-electron chi connectivity index (χ3n) is 3.95. The van der Waals surface area contributed by atoms with Crippen molar-refractivity contribution >= 4 is 11.3 Å². The van der Waals surface area contributed by atoms with E-state index in [2.05, 4.69) is 6.07 Å². The fraction of sp³-hybridized carbons (Fsp3) is 0.714. The molecule has 0 aromatic carbocycles. The van der Waals surface area contributed by atoms with Crippen LogP contribution in [-0.2, 0) is 17.6 Å². The molecule has 0 bridgehead atoms. The van der Waals surface area contributed by atoms with Crippen LogP contribution in [0.15, 0.2) is 6.07 Å². The molecule has 1 fully saturated rings. The van der Waals surface area contributed by atoms with E-state index in [1.807, 2.05) is 11.3 Å². The van der Waals surface area contributed by atoms with Gasteiger partial charge in [-0.2, -0.15) is 0 Å². The van der Waals surface area contributed by atoms with E-state index in [0.29, 0.717) is 6.10 Å². The van der Waals surface area contributed by atoms with E-state index in [9.17, 15) is 0 Å². The van der Waals surface area contributed by atoms with Gasteiger partial charge in [-0.25, -0.2) is 0 Å². The Hall–Kier alpha value is -0.380. The molecular weight excluding hydrogens is 230 g/mol. The highest BCUT2D eigenvalue weighted by Crippen LogP contribution is 2.34. The first kappa shape index (κ1) is 11.7. The zero-order valence-corrected chi connectivity index (χ0v) is 11.1. The van der Waals surface area contributed by atoms with E-state index in [-0.39, 0.29) is 6.04 Å². The standard InChI is InChI=1S/C14H21NOS/c15-12(7-6-11-4-2-8-16-11)14-9-10-3-1-5-13(10)17-14/h9,11-12H,1-8,15H2. The lowest BCUT2D eigenvalue weighted by atomic mass is 10.0. The molecule has 2 N–H and O–H groups in total. The molecule has 1 saturated heterocycles. The number of nitrogens with two attached hydrogens (primary N) is 1. The summed E-state index contributed by atoms with van der Waals surface area (Å²) in [6, 6.07) is 2.59. The Morgan fingerprint density at radius 2 is 2.35 bits per heavy atom. The third-order valence-corrected chi connectivity index (χ3v) is 5.32. The van der Waals surface area contributed by atoms with Gasteiger partial charge in [0.2, 0.25) is 0 Å². The summed E-state index contributed by atoms with van der Waals surface area (Å²) < 4.78 is 5.65. The smallest absolute Gasteiger partial charge is 0.0576 e. The summed E-state index contributed by atoms with van der Waals surface area (Å²) >= 11 is 1.95. The lowest BCUT2D eigenvalue weighted by molar-refractivity contribution is 0.101. The molecule has 1 aromatic heterocycles. The van der Waals surface area contributed by atoms with Crippen molar-refractivity contribution in [3.05, 3.63) is 21.4 Å². The molecule has 0 amide bonds. The number of aryl methyl sites for hydroxylation is 2. The van der Waals surface area contributed by atoms with Crippen molar-refractivity contribution in [2.45, 2.75) is 57.1 Å². The first-order valence-corrected chi connectivity index (χ1v) is 7.63. The molecule has 2 atom stereocenters. The zero-order valence-electron chi connectivity index (χ0n) is 10.3. The van der Waals surface area contributed by atoms with E-state index in [0.717, 1.165) is 19.4 Å². The van der Waals surface area contributed by atoms with Gasteiger partial charge in [0, 0.05) is 22.4 Å². The summed E-state index contributed by atoms with van der Waals surface area (Å²) in [6.45, 7) is 0.952. The van der Waals surface area contributed by atoms with Crippen LogP contribution in [0, 0.1) is 0 Å². The molecule has 0 saturated carbocycles. The van der Waals surface area contributed by atoms with Gasteiger partial charge in [-0.05, 0) is 56.6 Å². The lowest BCUT2D eigenvalue weighted by Crippen LogP contribution is -2.13. The second-order valence-corrected chi connectivity index (χ2v) is 6.44. The number of fused-ring (bicyclic) bond motifs is 1. The minimum atomic E-state index is 0.231. The molecular formula is C14H21NOS. The Labute approximate surface area is 107 Å². The number of thiophene rings is 1. The monoisotopic (exact) mass is 251 g/mol. The highest BCUT2D eigenvalue weighted by Gasteiger charge is 2.20. The van der Waals surface area contributed by atoms with E-state index in [1.165, 1.54) is 37.0 Å². The Morgan fingerprint density at radius 1 is 1.41 bits per heavy atom. The number of ether oxygens (including phenoxy) is 1. The van der Waals surface area contributed by atoms with Gasteiger partial charge >= 0.3 is 0 Å². The summed E-state index contributed by atoms with van der Waals surface area (Å²) in [6.07, 6.45) is 9.03. The molecule has 17 heavy (non-hydrogen) atoms. The van der Waals surface area contributed by atoms with E-state index >= 15 is 0 Å². The van der Waals surface area contributed by atoms with Gasteiger partial charge in [0.25, 0.3) is 0 Å². The summed E-state index contributed by atoms with van der Waals surface area (Å²) in [5.41, 5.74) is 7.86. The molecule has 2 unspecified atom stereocenters. The third kappa shape index (κ3) is 2.56. The van der Waals surface area contributed by atoms with Crippen molar-refractivity contribution in [2.24, 2.45) is 5.73 Å². The largest absolute Gasteiger partial charge is 0.378 e. The van der Waals surface area contributed by atoms with Crippen molar-refractivity contribution in [1.82, 2.24) is 0 Å². The molecule has 1 aliphatic carbocycles. The van der Waals surface area contributed by atoms with Crippen LogP contribution in [0.2, 0.25) is 0 Å². The second-order valence-electron chi connectivity index (χ2n) is 5.27. The quantitative estimate of drug-likeness (QED) is 0.892. The Kier molecular flexibility index (Phi) is 3.50. The van der Waals surface area contributed by atoms with Crippen LogP contribution >= 0.6 is 11.3 Å². The summed E-state index contributed by atoms with van der Waals surface area (Å²) in [4.78, 5) is 2.99. The predicted octanol–water partition coefficient (Wildman–Crippen LogP) is 3.20.